The summed E-state index contributed by atoms with van der Waals surface area (Å²) in [4.78, 5) is 13.4. The molecular formula is C17H20ClN3O2. The van der Waals surface area contributed by atoms with Gasteiger partial charge in [-0.3, -0.25) is 9.69 Å². The maximum Gasteiger partial charge on any atom is 0.307 e. The fourth-order valence-corrected chi connectivity index (χ4v) is 3.31. The normalized spacial score (nSPS) is 22.2. The Hall–Kier alpha value is -1.85. The largest absolute Gasteiger partial charge is 0.481 e. The van der Waals surface area contributed by atoms with Crippen molar-refractivity contribution in [1.82, 2.24) is 14.7 Å². The number of carbonyl (C=O) groups is 1. The van der Waals surface area contributed by atoms with E-state index < -0.39 is 5.97 Å². The van der Waals surface area contributed by atoms with Crippen LogP contribution in [0, 0.1) is 11.8 Å². The van der Waals surface area contributed by atoms with E-state index in [1.54, 1.807) is 0 Å². The highest BCUT2D eigenvalue weighted by molar-refractivity contribution is 6.30. The van der Waals surface area contributed by atoms with Crippen molar-refractivity contribution in [2.75, 3.05) is 13.1 Å². The van der Waals surface area contributed by atoms with Gasteiger partial charge in [0.25, 0.3) is 0 Å². The summed E-state index contributed by atoms with van der Waals surface area (Å²) >= 11 is 5.90. The predicted molar refractivity (Wildman–Crippen MR) is 88.8 cm³/mol. The molecule has 6 heteroatoms. The van der Waals surface area contributed by atoms with Crippen molar-refractivity contribution in [3.63, 3.8) is 0 Å². The minimum absolute atomic E-state index is 0.280. The average molecular weight is 334 g/mol. The number of aromatic nitrogens is 2. The molecule has 1 aliphatic heterocycles. The molecule has 1 saturated heterocycles. The lowest BCUT2D eigenvalue weighted by Crippen LogP contribution is -2.42. The van der Waals surface area contributed by atoms with Crippen molar-refractivity contribution < 1.29 is 9.90 Å². The van der Waals surface area contributed by atoms with Gasteiger partial charge in [-0.05, 0) is 42.7 Å². The molecule has 0 spiro atoms. The first-order valence-corrected chi connectivity index (χ1v) is 8.14. The number of aliphatic carboxylic acids is 1. The van der Waals surface area contributed by atoms with Crippen molar-refractivity contribution in [2.24, 2.45) is 11.8 Å². The molecular weight excluding hydrogens is 314 g/mol. The minimum atomic E-state index is -0.701. The van der Waals surface area contributed by atoms with Crippen LogP contribution in [0.15, 0.2) is 36.5 Å². The zero-order valence-electron chi connectivity index (χ0n) is 13.0. The third-order valence-electron chi connectivity index (χ3n) is 4.21. The first-order chi connectivity index (χ1) is 11.0. The van der Waals surface area contributed by atoms with Gasteiger partial charge in [-0.1, -0.05) is 18.5 Å². The number of likely N-dealkylation sites (tertiary alicyclic amines) is 1. The highest BCUT2D eigenvalue weighted by atomic mass is 35.5. The average Bonchev–Trinajstić information content (AvgIpc) is 2.95. The summed E-state index contributed by atoms with van der Waals surface area (Å²) in [7, 11) is 0. The van der Waals surface area contributed by atoms with Crippen molar-refractivity contribution in [3.05, 3.63) is 47.2 Å². The monoisotopic (exact) mass is 333 g/mol. The van der Waals surface area contributed by atoms with Gasteiger partial charge in [-0.25, -0.2) is 4.68 Å². The van der Waals surface area contributed by atoms with E-state index in [0.717, 1.165) is 24.3 Å². The van der Waals surface area contributed by atoms with E-state index >= 15 is 0 Å². The summed E-state index contributed by atoms with van der Waals surface area (Å²) in [5.74, 6) is -0.589. The summed E-state index contributed by atoms with van der Waals surface area (Å²) in [5.41, 5.74) is 1.90. The highest BCUT2D eigenvalue weighted by Gasteiger charge is 2.29. The third kappa shape index (κ3) is 3.92. The van der Waals surface area contributed by atoms with Gasteiger partial charge in [0, 0.05) is 30.9 Å². The number of piperidine rings is 1. The van der Waals surface area contributed by atoms with Crippen LogP contribution < -0.4 is 0 Å². The van der Waals surface area contributed by atoms with E-state index in [1.165, 1.54) is 0 Å². The number of nitrogens with zero attached hydrogens (tertiary/aromatic N) is 3. The number of carboxylic acid groups (broad SMARTS) is 1. The number of carboxylic acids is 1. The van der Waals surface area contributed by atoms with Crippen molar-refractivity contribution in [1.29, 1.82) is 0 Å². The molecule has 0 bridgehead atoms. The van der Waals surface area contributed by atoms with Gasteiger partial charge in [0.2, 0.25) is 0 Å². The molecule has 1 fully saturated rings. The van der Waals surface area contributed by atoms with Gasteiger partial charge in [0.1, 0.15) is 0 Å². The Morgan fingerprint density at radius 1 is 1.30 bits per heavy atom. The third-order valence-corrected chi connectivity index (χ3v) is 4.46. The smallest absolute Gasteiger partial charge is 0.307 e. The number of benzene rings is 1. The Labute approximate surface area is 140 Å². The van der Waals surface area contributed by atoms with E-state index in [9.17, 15) is 9.90 Å². The van der Waals surface area contributed by atoms with Crippen molar-refractivity contribution in [3.8, 4) is 5.69 Å². The number of rotatable bonds is 4. The summed E-state index contributed by atoms with van der Waals surface area (Å²) in [6.07, 6.45) is 2.67. The second kappa shape index (κ2) is 6.72. The molecule has 0 radical (unpaired) electrons. The van der Waals surface area contributed by atoms with Crippen LogP contribution in [0.1, 0.15) is 19.0 Å². The SMILES string of the molecule is CC1CC(C(=O)O)CN(Cc2ccn(-c3ccc(Cl)cc3)n2)C1. The Bertz CT molecular complexity index is 683. The highest BCUT2D eigenvalue weighted by Crippen LogP contribution is 2.23. The molecule has 1 N–H and O–H groups in total. The lowest BCUT2D eigenvalue weighted by Gasteiger charge is -2.34. The molecule has 1 aliphatic rings. The lowest BCUT2D eigenvalue weighted by molar-refractivity contribution is -0.144. The Balaban J connectivity index is 1.69. The van der Waals surface area contributed by atoms with Crippen molar-refractivity contribution >= 4 is 17.6 Å². The Morgan fingerprint density at radius 2 is 2.04 bits per heavy atom. The summed E-state index contributed by atoms with van der Waals surface area (Å²) in [6, 6.07) is 9.48. The van der Waals surface area contributed by atoms with Gasteiger partial charge in [0.15, 0.2) is 0 Å². The predicted octanol–water partition coefficient (Wildman–Crippen LogP) is 3.07. The van der Waals surface area contributed by atoms with Gasteiger partial charge in [0.05, 0.1) is 17.3 Å². The van der Waals surface area contributed by atoms with E-state index in [1.807, 2.05) is 41.2 Å². The van der Waals surface area contributed by atoms with Crippen LogP contribution >= 0.6 is 11.6 Å². The number of hydrogen-bond acceptors (Lipinski definition) is 3. The molecule has 122 valence electrons. The van der Waals surface area contributed by atoms with E-state index in [0.29, 0.717) is 24.0 Å². The number of halogens is 1. The molecule has 1 aromatic carbocycles. The molecule has 2 heterocycles. The molecule has 23 heavy (non-hydrogen) atoms. The maximum absolute atomic E-state index is 11.3. The van der Waals surface area contributed by atoms with Crippen LogP contribution in [0.3, 0.4) is 0 Å². The van der Waals surface area contributed by atoms with Crippen LogP contribution in [0.25, 0.3) is 5.69 Å². The van der Waals surface area contributed by atoms with Crippen LogP contribution in [0.4, 0.5) is 0 Å². The molecule has 0 amide bonds. The molecule has 3 rings (SSSR count). The fraction of sp³-hybridized carbons (Fsp3) is 0.412. The summed E-state index contributed by atoms with van der Waals surface area (Å²) in [5, 5.41) is 14.5. The molecule has 1 aromatic heterocycles. The van der Waals surface area contributed by atoms with Crippen LogP contribution in [0.2, 0.25) is 5.02 Å². The molecule has 2 unspecified atom stereocenters. The van der Waals surface area contributed by atoms with Gasteiger partial charge < -0.3 is 5.11 Å². The van der Waals surface area contributed by atoms with Crippen LogP contribution in [0.5, 0.6) is 0 Å². The zero-order valence-corrected chi connectivity index (χ0v) is 13.8. The second-order valence-corrected chi connectivity index (χ2v) is 6.73. The molecule has 2 aromatic rings. The van der Waals surface area contributed by atoms with E-state index in [4.69, 9.17) is 11.6 Å². The summed E-state index contributed by atoms with van der Waals surface area (Å²) in [6.45, 7) is 4.29. The second-order valence-electron chi connectivity index (χ2n) is 6.30. The molecule has 2 atom stereocenters. The van der Waals surface area contributed by atoms with Gasteiger partial charge >= 0.3 is 5.97 Å². The Morgan fingerprint density at radius 3 is 2.74 bits per heavy atom. The zero-order chi connectivity index (χ0) is 16.4. The van der Waals surface area contributed by atoms with E-state index in [2.05, 4.69) is 16.9 Å². The van der Waals surface area contributed by atoms with Crippen LogP contribution in [-0.2, 0) is 11.3 Å². The number of hydrogen-bond donors (Lipinski definition) is 1. The Kier molecular flexibility index (Phi) is 4.68. The molecule has 0 aliphatic carbocycles. The summed E-state index contributed by atoms with van der Waals surface area (Å²) < 4.78 is 1.81. The standard InChI is InChI=1S/C17H20ClN3O2/c1-12-8-13(17(22)23)10-20(9-12)11-15-6-7-21(19-15)16-4-2-14(18)3-5-16/h2-7,12-13H,8-11H2,1H3,(H,22,23). The van der Waals surface area contributed by atoms with E-state index in [-0.39, 0.29) is 5.92 Å². The molecule has 0 saturated carbocycles. The quantitative estimate of drug-likeness (QED) is 0.934. The molecule has 5 nitrogen and oxygen atoms in total. The van der Waals surface area contributed by atoms with Gasteiger partial charge in [-0.2, -0.15) is 5.10 Å². The van der Waals surface area contributed by atoms with Crippen molar-refractivity contribution in [2.45, 2.75) is 19.9 Å². The van der Waals surface area contributed by atoms with Crippen LogP contribution in [-0.4, -0.2) is 38.8 Å². The topological polar surface area (TPSA) is 58.4 Å². The minimum Gasteiger partial charge on any atom is -0.481 e. The van der Waals surface area contributed by atoms with Gasteiger partial charge in [-0.15, -0.1) is 0 Å². The fourth-order valence-electron chi connectivity index (χ4n) is 3.18. The lowest BCUT2D eigenvalue weighted by atomic mass is 9.90. The first-order valence-electron chi connectivity index (χ1n) is 7.77. The maximum atomic E-state index is 11.3. The first kappa shape index (κ1) is 16.0.